The summed E-state index contributed by atoms with van der Waals surface area (Å²) in [7, 11) is 3.58. The van der Waals surface area contributed by atoms with E-state index in [-0.39, 0.29) is 48.4 Å². The van der Waals surface area contributed by atoms with Crippen LogP contribution in [-0.2, 0) is 67.0 Å². The fourth-order valence-corrected chi connectivity index (χ4v) is 18.9. The Morgan fingerprint density at radius 1 is 0.336 bits per heavy atom. The number of fused-ring (bicyclic) bond motifs is 4. The fourth-order valence-electron chi connectivity index (χ4n) is 18.9. The quantitative estimate of drug-likeness (QED) is 0.0251. The summed E-state index contributed by atoms with van der Waals surface area (Å²) in [6.45, 7) is 25.5. The number of carbonyl (C=O) groups excluding carboxylic acids is 4. The maximum Gasteiger partial charge on any atom is 0.313 e. The molecule has 0 spiro atoms. The Balaban J connectivity index is 0.000000130. The van der Waals surface area contributed by atoms with Gasteiger partial charge in [0.15, 0.2) is 23.3 Å². The van der Waals surface area contributed by atoms with Crippen LogP contribution in [0.15, 0.2) is 280 Å². The number of nitrogens with one attached hydrogen (secondary N) is 2. The van der Waals surface area contributed by atoms with Gasteiger partial charge in [-0.05, 0) is 271 Å². The van der Waals surface area contributed by atoms with E-state index in [0.717, 1.165) is 125 Å². The van der Waals surface area contributed by atoms with Crippen LogP contribution >= 0.6 is 0 Å². The summed E-state index contributed by atoms with van der Waals surface area (Å²) in [4.78, 5) is 144. The zero-order chi connectivity index (χ0) is 106. The predicted octanol–water partition coefficient (Wildman–Crippen LogP) is 21.7. The number of carboxylic acids is 4. The van der Waals surface area contributed by atoms with Crippen molar-refractivity contribution in [2.45, 2.75) is 175 Å². The zero-order valence-electron chi connectivity index (χ0n) is 85.5. The van der Waals surface area contributed by atoms with Gasteiger partial charge in [0, 0.05) is 121 Å². The fraction of sp³-hybridized carbons (Fsp3) is 0.254. The predicted molar refractivity (Wildman–Crippen MR) is 574 cm³/mol. The van der Waals surface area contributed by atoms with Crippen LogP contribution in [0, 0.1) is 0 Å². The van der Waals surface area contributed by atoms with Gasteiger partial charge in [-0.2, -0.15) is 0 Å². The molecule has 1 saturated carbocycles. The molecule has 5 aliphatic rings. The van der Waals surface area contributed by atoms with E-state index in [1.807, 2.05) is 255 Å². The molecule has 756 valence electrons. The number of aliphatic carboxylic acids is 4. The minimum Gasteiger partial charge on any atom is -0.481 e. The number of amides is 4. The smallest absolute Gasteiger partial charge is 0.313 e. The topological polar surface area (TPSA) is 398 Å². The van der Waals surface area contributed by atoms with Crippen LogP contribution in [-0.4, -0.2) is 152 Å². The van der Waals surface area contributed by atoms with Crippen molar-refractivity contribution >= 4 is 82.2 Å². The number of carbonyl (C=O) groups is 8. The zero-order valence-corrected chi connectivity index (χ0v) is 85.5. The second kappa shape index (κ2) is 40.8. The van der Waals surface area contributed by atoms with Crippen molar-refractivity contribution < 1.29 is 63.9 Å². The lowest BCUT2D eigenvalue weighted by Gasteiger charge is -2.23. The molecular formula is C118H116N18O13. The van der Waals surface area contributed by atoms with E-state index in [0.29, 0.717) is 112 Å². The largest absolute Gasteiger partial charge is 0.481 e. The van der Waals surface area contributed by atoms with Crippen LogP contribution in [0.2, 0.25) is 0 Å². The average Bonchev–Trinajstić information content (AvgIpc) is 1.68. The third-order valence-electron chi connectivity index (χ3n) is 28.7. The Hall–Kier alpha value is -17.5. The van der Waals surface area contributed by atoms with Crippen molar-refractivity contribution in [3.63, 3.8) is 0 Å². The number of benzene rings is 8. The van der Waals surface area contributed by atoms with E-state index in [9.17, 15) is 63.9 Å². The van der Waals surface area contributed by atoms with Crippen molar-refractivity contribution in [3.05, 3.63) is 347 Å². The lowest BCUT2D eigenvalue weighted by atomic mass is 9.82. The molecular weight excluding hydrogens is 1880 g/mol. The Labute approximate surface area is 862 Å². The molecule has 149 heavy (non-hydrogen) atoms. The molecule has 31 heteroatoms. The SMILES string of the molecule is CC(C)(C(=O)O)c1ccc(-c2ccc3c(c2)C(=O)N(c2cccc(-c4nccn4C4CC4)n2)C3)cc1.CC(CO)n1ccnc1-c1cccc(N2Cc3ccc(-c4ccc(C(C)(C)C(=O)O)cc4)cc3C2=O)n1.CNc1cc(-c2ccc3c(c2)C(=O)N(c2cccc(-c4nccn4C(C)C)n2)C3)ccc1C(C)(C)C(=O)O.CNc1cc(C(C)(C)C(=O)O)ccc1-c1ccc2c(c1)C(=O)N(c1cccc(-c3nccn3C(C)C)n1)C2. The first-order valence-electron chi connectivity index (χ1n) is 49.5. The minimum absolute atomic E-state index is 0.0225. The van der Waals surface area contributed by atoms with Gasteiger partial charge < -0.3 is 54.4 Å². The van der Waals surface area contributed by atoms with Crippen LogP contribution in [0.5, 0.6) is 0 Å². The highest BCUT2D eigenvalue weighted by Crippen LogP contribution is 2.45. The Kier molecular flexibility index (Phi) is 27.8. The number of aliphatic hydroxyl groups is 1. The molecule has 8 aromatic carbocycles. The standard InChI is InChI=1S/2C30H31N5O3.C29H28N4O4.C29H26N4O3/c1-18(2)34-14-13-32-27(34)24-7-6-8-26(33-24)35-17-21-10-9-19(15-22(21)28(35)36)20-11-12-23(25(16-20)31-5)30(3,4)29(37)38;1-18(2)34-14-13-32-27(34)24-7-6-8-26(33-24)35-17-20-10-9-19(15-23(20)28(35)36)22-12-11-21(16-25(22)31-5)30(3,4)29(37)38;1-18(17-34)32-14-13-30-26(32)24-5-4-6-25(31-24)33-16-21-8-7-20(15-23(21)27(33)35)19-9-11-22(12-10-19)29(2,3)28(36)37;1-29(2,28(35)36)21-10-8-18(9-11-21)19-6-7-20-17-33(27(34)23(20)16-19)25-5-3-4-24(31-25)26-30-14-15-32(26)22-12-13-22/h2*6-16,18,31H,17H2,1-5H3,(H,37,38);4-15,18,34H,16-17H2,1-3H3,(H,36,37);3-11,14-16,22H,12-13,17H2,1-2H3,(H,35,36). The summed E-state index contributed by atoms with van der Waals surface area (Å²) in [5, 5.41) is 54.2. The highest BCUT2D eigenvalue weighted by molar-refractivity contribution is 6.13. The molecule has 1 unspecified atom stereocenters. The average molecular weight is 1990 g/mol. The Morgan fingerprint density at radius 3 is 1.01 bits per heavy atom. The first-order valence-corrected chi connectivity index (χ1v) is 49.5. The van der Waals surface area contributed by atoms with Gasteiger partial charge in [0.1, 0.15) is 46.0 Å². The molecule has 0 bridgehead atoms. The molecule has 4 amide bonds. The number of rotatable bonds is 27. The van der Waals surface area contributed by atoms with Gasteiger partial charge in [-0.15, -0.1) is 0 Å². The van der Waals surface area contributed by atoms with Crippen molar-refractivity contribution in [2.75, 3.05) is 50.9 Å². The summed E-state index contributed by atoms with van der Waals surface area (Å²) in [5.74, 6) is 1.37. The third kappa shape index (κ3) is 19.9. The first-order chi connectivity index (χ1) is 71.2. The number of pyridine rings is 4. The van der Waals surface area contributed by atoms with Crippen molar-refractivity contribution in [2.24, 2.45) is 0 Å². The number of aliphatic hydroxyl groups excluding tert-OH is 1. The number of aromatic nitrogens is 12. The molecule has 1 fully saturated rings. The van der Waals surface area contributed by atoms with Crippen molar-refractivity contribution in [1.82, 2.24) is 58.1 Å². The molecule has 16 aromatic rings. The second-order valence-corrected chi connectivity index (χ2v) is 40.6. The van der Waals surface area contributed by atoms with Crippen LogP contribution in [0.25, 0.3) is 90.6 Å². The summed E-state index contributed by atoms with van der Waals surface area (Å²) >= 11 is 0. The molecule has 1 atom stereocenters. The van der Waals surface area contributed by atoms with Crippen molar-refractivity contribution in [3.8, 4) is 90.6 Å². The third-order valence-corrected chi connectivity index (χ3v) is 28.7. The molecule has 1 aliphatic carbocycles. The maximum absolute atomic E-state index is 13.6. The van der Waals surface area contributed by atoms with Crippen LogP contribution in [0.3, 0.4) is 0 Å². The van der Waals surface area contributed by atoms with Gasteiger partial charge in [-0.1, -0.05) is 146 Å². The lowest BCUT2D eigenvalue weighted by Crippen LogP contribution is -2.29. The number of carboxylic acid groups (broad SMARTS) is 4. The van der Waals surface area contributed by atoms with E-state index in [1.54, 1.807) is 126 Å². The van der Waals surface area contributed by atoms with E-state index in [4.69, 9.17) is 19.9 Å². The van der Waals surface area contributed by atoms with Gasteiger partial charge in [-0.3, -0.25) is 58.0 Å². The molecule has 0 radical (unpaired) electrons. The van der Waals surface area contributed by atoms with Gasteiger partial charge in [0.05, 0.1) is 60.5 Å². The highest BCUT2D eigenvalue weighted by atomic mass is 16.4. The molecule has 7 N–H and O–H groups in total. The van der Waals surface area contributed by atoms with E-state index >= 15 is 0 Å². The number of hydrogen-bond donors (Lipinski definition) is 7. The second-order valence-electron chi connectivity index (χ2n) is 40.6. The van der Waals surface area contributed by atoms with Gasteiger partial charge in [0.25, 0.3) is 23.6 Å². The number of nitrogens with zero attached hydrogens (tertiary/aromatic N) is 16. The van der Waals surface area contributed by atoms with Gasteiger partial charge in [-0.25, -0.2) is 39.9 Å². The summed E-state index contributed by atoms with van der Waals surface area (Å²) < 4.78 is 8.14. The van der Waals surface area contributed by atoms with E-state index in [2.05, 4.69) is 72.0 Å². The highest BCUT2D eigenvalue weighted by Gasteiger charge is 2.40. The minimum atomic E-state index is -1.04. The van der Waals surface area contributed by atoms with Gasteiger partial charge >= 0.3 is 23.9 Å². The number of imidazole rings is 4. The summed E-state index contributed by atoms with van der Waals surface area (Å²) in [6.07, 6.45) is 17.0. The number of anilines is 6. The summed E-state index contributed by atoms with van der Waals surface area (Å²) in [6, 6.07) is 73.0. The van der Waals surface area contributed by atoms with Gasteiger partial charge in [0.2, 0.25) is 0 Å². The molecule has 8 aromatic heterocycles. The normalized spacial score (nSPS) is 13.9. The number of hydrogen-bond acceptors (Lipinski definition) is 19. The molecule has 12 heterocycles. The molecule has 0 saturated heterocycles. The Bertz CT molecular complexity index is 7940. The molecule has 4 aliphatic heterocycles. The van der Waals surface area contributed by atoms with Crippen LogP contribution < -0.4 is 30.2 Å². The monoisotopic (exact) mass is 1990 g/mol. The molecule has 31 nitrogen and oxygen atoms in total. The van der Waals surface area contributed by atoms with E-state index in [1.165, 1.54) is 0 Å². The molecule has 21 rings (SSSR count). The Morgan fingerprint density at radius 2 is 0.644 bits per heavy atom. The maximum atomic E-state index is 13.6. The lowest BCUT2D eigenvalue weighted by molar-refractivity contribution is -0.143. The van der Waals surface area contributed by atoms with E-state index < -0.39 is 45.5 Å². The van der Waals surface area contributed by atoms with Crippen LogP contribution in [0.1, 0.15) is 213 Å². The van der Waals surface area contributed by atoms with Crippen LogP contribution in [0.4, 0.5) is 34.6 Å². The summed E-state index contributed by atoms with van der Waals surface area (Å²) in [5.41, 5.74) is 16.7. The van der Waals surface area contributed by atoms with Crippen molar-refractivity contribution in [1.29, 1.82) is 0 Å². The first kappa shape index (κ1) is 102.